The van der Waals surface area contributed by atoms with Crippen molar-refractivity contribution in [1.82, 2.24) is 14.9 Å². The monoisotopic (exact) mass is 381 g/mol. The average molecular weight is 381 g/mol. The molecule has 7 nitrogen and oxygen atoms in total. The number of hydrogen-bond donors (Lipinski definition) is 1. The summed E-state index contributed by atoms with van der Waals surface area (Å²) < 4.78 is 44.1. The lowest BCUT2D eigenvalue weighted by Crippen LogP contribution is -2.41. The van der Waals surface area contributed by atoms with E-state index in [0.717, 1.165) is 0 Å². The smallest absolute Gasteiger partial charge is 0.222 e. The highest BCUT2D eigenvalue weighted by atomic mass is 32.2. The number of carbonyl (C=O) groups is 1. The number of carbonyl (C=O) groups excluding carboxylic acids is 1. The number of aromatic nitrogens is 2. The van der Waals surface area contributed by atoms with E-state index in [4.69, 9.17) is 4.74 Å². The van der Waals surface area contributed by atoms with Crippen molar-refractivity contribution in [1.29, 1.82) is 0 Å². The Balaban J connectivity index is 1.88. The van der Waals surface area contributed by atoms with Gasteiger partial charge in [-0.25, -0.2) is 17.8 Å². The number of rotatable bonds is 6. The van der Waals surface area contributed by atoms with Crippen molar-refractivity contribution in [3.8, 4) is 11.4 Å². The molecule has 1 saturated heterocycles. The topological polar surface area (TPSA) is 90.3 Å². The maximum absolute atomic E-state index is 13.2. The molecule has 1 fully saturated rings. The van der Waals surface area contributed by atoms with Gasteiger partial charge in [-0.15, -0.1) is 0 Å². The van der Waals surface area contributed by atoms with Gasteiger partial charge in [-0.1, -0.05) is 0 Å². The molecule has 1 aromatic carbocycles. The lowest BCUT2D eigenvalue weighted by Gasteiger charge is -2.22. The van der Waals surface area contributed by atoms with Gasteiger partial charge < -0.3 is 14.6 Å². The molecule has 1 aliphatic heterocycles. The Morgan fingerprint density at radius 3 is 2.77 bits per heavy atom. The van der Waals surface area contributed by atoms with Crippen molar-refractivity contribution in [3.05, 3.63) is 42.5 Å². The molecule has 3 rings (SSSR count). The number of halogens is 1. The molecule has 26 heavy (non-hydrogen) atoms. The Morgan fingerprint density at radius 1 is 1.35 bits per heavy atom. The van der Waals surface area contributed by atoms with Crippen molar-refractivity contribution in [3.63, 3.8) is 0 Å². The summed E-state index contributed by atoms with van der Waals surface area (Å²) in [5.74, 6) is -0.311. The molecular weight excluding hydrogens is 361 g/mol. The zero-order valence-corrected chi connectivity index (χ0v) is 15.1. The SMILES string of the molecule is COCCC(=O)N[C@@H]1CS(=O)(=O)C[C@H]1n1ccnc1-c1ccc(F)cc1. The molecule has 1 amide bonds. The average Bonchev–Trinajstić information content (AvgIpc) is 3.17. The third-order valence-electron chi connectivity index (χ3n) is 4.33. The normalized spacial score (nSPS) is 21.6. The van der Waals surface area contributed by atoms with Crippen LogP contribution in [0.15, 0.2) is 36.7 Å². The minimum Gasteiger partial charge on any atom is -0.384 e. The van der Waals surface area contributed by atoms with Gasteiger partial charge in [-0.2, -0.15) is 0 Å². The molecule has 9 heteroatoms. The van der Waals surface area contributed by atoms with E-state index in [2.05, 4.69) is 10.3 Å². The van der Waals surface area contributed by atoms with E-state index in [1.807, 2.05) is 0 Å². The summed E-state index contributed by atoms with van der Waals surface area (Å²) in [4.78, 5) is 16.3. The molecular formula is C17H20FN3O4S. The maximum atomic E-state index is 13.2. The second-order valence-corrected chi connectivity index (χ2v) is 8.38. The highest BCUT2D eigenvalue weighted by Gasteiger charge is 2.40. The first-order valence-corrected chi connectivity index (χ1v) is 9.99. The summed E-state index contributed by atoms with van der Waals surface area (Å²) >= 11 is 0. The van der Waals surface area contributed by atoms with E-state index in [1.54, 1.807) is 29.1 Å². The van der Waals surface area contributed by atoms with E-state index in [-0.39, 0.29) is 36.3 Å². The molecule has 0 saturated carbocycles. The molecule has 0 spiro atoms. The van der Waals surface area contributed by atoms with Gasteiger partial charge in [0.2, 0.25) is 5.91 Å². The molecule has 2 heterocycles. The van der Waals surface area contributed by atoms with Crippen molar-refractivity contribution >= 4 is 15.7 Å². The van der Waals surface area contributed by atoms with Crippen molar-refractivity contribution < 1.29 is 22.3 Å². The van der Waals surface area contributed by atoms with Gasteiger partial charge in [0.15, 0.2) is 9.84 Å². The first-order valence-electron chi connectivity index (χ1n) is 8.17. The number of nitrogens with zero attached hydrogens (tertiary/aromatic N) is 2. The summed E-state index contributed by atoms with van der Waals surface area (Å²) in [6, 6.07) is 4.79. The summed E-state index contributed by atoms with van der Waals surface area (Å²) in [6.45, 7) is 0.266. The van der Waals surface area contributed by atoms with Crippen LogP contribution in [-0.4, -0.2) is 55.1 Å². The third-order valence-corrected chi connectivity index (χ3v) is 6.05. The third kappa shape index (κ3) is 4.10. The van der Waals surface area contributed by atoms with Crippen LogP contribution in [0, 0.1) is 5.82 Å². The minimum atomic E-state index is -3.30. The quantitative estimate of drug-likeness (QED) is 0.812. The van der Waals surface area contributed by atoms with Crippen LogP contribution in [0.3, 0.4) is 0 Å². The van der Waals surface area contributed by atoms with Crippen LogP contribution in [0.5, 0.6) is 0 Å². The largest absolute Gasteiger partial charge is 0.384 e. The molecule has 2 atom stereocenters. The van der Waals surface area contributed by atoms with Gasteiger partial charge in [0.1, 0.15) is 11.6 Å². The van der Waals surface area contributed by atoms with E-state index < -0.39 is 21.9 Å². The number of nitrogens with one attached hydrogen (secondary N) is 1. The fourth-order valence-corrected chi connectivity index (χ4v) is 5.02. The van der Waals surface area contributed by atoms with Crippen LogP contribution in [-0.2, 0) is 19.4 Å². The molecule has 140 valence electrons. The first kappa shape index (κ1) is 18.5. The van der Waals surface area contributed by atoms with Gasteiger partial charge in [0.05, 0.1) is 30.2 Å². The van der Waals surface area contributed by atoms with Gasteiger partial charge in [-0.05, 0) is 24.3 Å². The van der Waals surface area contributed by atoms with Crippen molar-refractivity contribution in [2.75, 3.05) is 25.2 Å². The van der Waals surface area contributed by atoms with Crippen molar-refractivity contribution in [2.45, 2.75) is 18.5 Å². The van der Waals surface area contributed by atoms with Gasteiger partial charge in [0, 0.05) is 31.5 Å². The minimum absolute atomic E-state index is 0.0905. The highest BCUT2D eigenvalue weighted by Crippen LogP contribution is 2.29. The lowest BCUT2D eigenvalue weighted by molar-refractivity contribution is -0.122. The van der Waals surface area contributed by atoms with Crippen LogP contribution >= 0.6 is 0 Å². The standard InChI is InChI=1S/C17H20FN3O4S/c1-25-9-6-16(22)20-14-10-26(23,24)11-15(14)21-8-7-19-17(21)12-2-4-13(18)5-3-12/h2-5,7-8,14-15H,6,9-11H2,1H3,(H,20,22)/t14-,15-/m1/s1. The van der Waals surface area contributed by atoms with Gasteiger partial charge >= 0.3 is 0 Å². The van der Waals surface area contributed by atoms with Crippen LogP contribution in [0.4, 0.5) is 4.39 Å². The molecule has 0 unspecified atom stereocenters. The maximum Gasteiger partial charge on any atom is 0.222 e. The van der Waals surface area contributed by atoms with E-state index in [9.17, 15) is 17.6 Å². The second-order valence-electron chi connectivity index (χ2n) is 6.23. The van der Waals surface area contributed by atoms with Crippen LogP contribution < -0.4 is 5.32 Å². The van der Waals surface area contributed by atoms with Crippen LogP contribution in [0.1, 0.15) is 12.5 Å². The van der Waals surface area contributed by atoms with E-state index in [1.165, 1.54) is 19.2 Å². The van der Waals surface area contributed by atoms with Crippen LogP contribution in [0.2, 0.25) is 0 Å². The number of imidazole rings is 1. The fourth-order valence-electron chi connectivity index (χ4n) is 3.12. The number of ether oxygens (including phenoxy) is 1. The molecule has 0 radical (unpaired) electrons. The Kier molecular flexibility index (Phi) is 5.38. The highest BCUT2D eigenvalue weighted by molar-refractivity contribution is 7.91. The lowest BCUT2D eigenvalue weighted by atomic mass is 10.1. The zero-order valence-electron chi connectivity index (χ0n) is 14.3. The Hall–Kier alpha value is -2.26. The second kappa shape index (κ2) is 7.55. The van der Waals surface area contributed by atoms with E-state index in [0.29, 0.717) is 11.4 Å². The summed E-state index contributed by atoms with van der Waals surface area (Å²) in [7, 11) is -1.80. The number of methoxy groups -OCH3 is 1. The van der Waals surface area contributed by atoms with E-state index >= 15 is 0 Å². The number of benzene rings is 1. The van der Waals surface area contributed by atoms with Gasteiger partial charge in [0.25, 0.3) is 0 Å². The van der Waals surface area contributed by atoms with Gasteiger partial charge in [-0.3, -0.25) is 4.79 Å². The summed E-state index contributed by atoms with van der Waals surface area (Å²) in [6.07, 6.45) is 3.40. The summed E-state index contributed by atoms with van der Waals surface area (Å²) in [5, 5.41) is 2.79. The molecule has 1 aromatic heterocycles. The fraction of sp³-hybridized carbons (Fsp3) is 0.412. The predicted molar refractivity (Wildman–Crippen MR) is 93.7 cm³/mol. The number of sulfone groups is 1. The van der Waals surface area contributed by atoms with Crippen LogP contribution in [0.25, 0.3) is 11.4 Å². The predicted octanol–water partition coefficient (Wildman–Crippen LogP) is 1.18. The zero-order chi connectivity index (χ0) is 18.7. The molecule has 1 N–H and O–H groups in total. The number of hydrogen-bond acceptors (Lipinski definition) is 5. The molecule has 0 bridgehead atoms. The molecule has 0 aliphatic carbocycles. The Labute approximate surface area is 151 Å². The summed E-state index contributed by atoms with van der Waals surface area (Å²) in [5.41, 5.74) is 0.671. The van der Waals surface area contributed by atoms with Crippen molar-refractivity contribution in [2.24, 2.45) is 0 Å². The Morgan fingerprint density at radius 2 is 2.08 bits per heavy atom. The first-order chi connectivity index (χ1) is 12.4. The Bertz CT molecular complexity index is 880. The molecule has 2 aromatic rings. The molecule has 1 aliphatic rings. The number of amides is 1.